The third-order valence-corrected chi connectivity index (χ3v) is 6.67. The molecule has 25 heavy (non-hydrogen) atoms. The molecular weight excluding hydrogens is 443 g/mol. The van der Waals surface area contributed by atoms with Gasteiger partial charge in [-0.25, -0.2) is 0 Å². The van der Waals surface area contributed by atoms with Gasteiger partial charge in [-0.1, -0.05) is 63.0 Å². The Morgan fingerprint density at radius 3 is 1.36 bits per heavy atom. The predicted octanol–water partition coefficient (Wildman–Crippen LogP) is 6.15. The molecule has 0 unspecified atom stereocenters. The van der Waals surface area contributed by atoms with Gasteiger partial charge in [-0.2, -0.15) is 0 Å². The van der Waals surface area contributed by atoms with E-state index < -0.39 is 5.31 Å². The molecule has 3 rings (SSSR count). The lowest BCUT2D eigenvalue weighted by Crippen LogP contribution is -2.44. The summed E-state index contributed by atoms with van der Waals surface area (Å²) in [5.41, 5.74) is 1.58. The van der Waals surface area contributed by atoms with E-state index in [1.165, 1.54) is 0 Å². The first-order valence-corrected chi connectivity index (χ1v) is 10.0. The number of hydrogen-bond donors (Lipinski definition) is 0. The summed E-state index contributed by atoms with van der Waals surface area (Å²) in [5.74, 6) is 0. The summed E-state index contributed by atoms with van der Waals surface area (Å²) >= 11 is 7.06. The topological polar surface area (TPSA) is 18.5 Å². The van der Waals surface area contributed by atoms with Crippen LogP contribution in [0.3, 0.4) is 0 Å². The molecule has 1 fully saturated rings. The Labute approximate surface area is 167 Å². The Balaban J connectivity index is 2.13. The van der Waals surface area contributed by atoms with Crippen LogP contribution in [0.2, 0.25) is 0 Å². The highest BCUT2D eigenvalue weighted by atomic mass is 79.9. The van der Waals surface area contributed by atoms with Crippen molar-refractivity contribution in [2.45, 2.75) is 51.1 Å². The normalized spacial score (nSPS) is 19.2. The molecule has 1 saturated heterocycles. The molecule has 0 spiro atoms. The first-order chi connectivity index (χ1) is 11.6. The Kier molecular flexibility index (Phi) is 5.00. The molecule has 0 aliphatic carbocycles. The van der Waals surface area contributed by atoms with Crippen LogP contribution in [0.15, 0.2) is 57.5 Å². The fourth-order valence-electron chi connectivity index (χ4n) is 3.11. The monoisotopic (exact) mass is 464 g/mol. The summed E-state index contributed by atoms with van der Waals surface area (Å²) in [5, 5.41) is -0.424. The van der Waals surface area contributed by atoms with Crippen molar-refractivity contribution in [2.24, 2.45) is 0 Å². The van der Waals surface area contributed by atoms with E-state index in [0.29, 0.717) is 0 Å². The average molecular weight is 466 g/mol. The van der Waals surface area contributed by atoms with Crippen LogP contribution in [0.1, 0.15) is 45.7 Å². The molecule has 0 saturated carbocycles. The number of hydrogen-bond acceptors (Lipinski definition) is 2. The molecule has 1 aliphatic rings. The lowest BCUT2D eigenvalue weighted by atomic mass is 9.52. The van der Waals surface area contributed by atoms with E-state index in [-0.39, 0.29) is 18.3 Å². The predicted molar refractivity (Wildman–Crippen MR) is 111 cm³/mol. The maximum absolute atomic E-state index is 6.45. The molecule has 0 radical (unpaired) electrons. The first kappa shape index (κ1) is 19.2. The Morgan fingerprint density at radius 2 is 1.04 bits per heavy atom. The van der Waals surface area contributed by atoms with Gasteiger partial charge in [0, 0.05) is 8.95 Å². The van der Waals surface area contributed by atoms with Gasteiger partial charge in [0.1, 0.15) is 0 Å². The van der Waals surface area contributed by atoms with Gasteiger partial charge in [0.05, 0.1) is 16.5 Å². The fraction of sp³-hybridized carbons (Fsp3) is 0.400. The van der Waals surface area contributed by atoms with Gasteiger partial charge < -0.3 is 9.31 Å². The summed E-state index contributed by atoms with van der Waals surface area (Å²) < 4.78 is 15.0. The molecule has 0 amide bonds. The zero-order valence-electron chi connectivity index (χ0n) is 15.3. The number of rotatable bonds is 3. The van der Waals surface area contributed by atoms with Crippen molar-refractivity contribution in [1.29, 1.82) is 0 Å². The number of halogens is 2. The quantitative estimate of drug-likeness (QED) is 0.506. The van der Waals surface area contributed by atoms with Crippen LogP contribution < -0.4 is 0 Å². The van der Waals surface area contributed by atoms with E-state index in [4.69, 9.17) is 9.31 Å². The van der Waals surface area contributed by atoms with E-state index in [1.54, 1.807) is 0 Å². The Hall–Kier alpha value is -0.615. The van der Waals surface area contributed by atoms with Crippen LogP contribution in [0, 0.1) is 0 Å². The van der Waals surface area contributed by atoms with Gasteiger partial charge in [-0.05, 0) is 63.1 Å². The lowest BCUT2D eigenvalue weighted by Gasteiger charge is -2.33. The van der Waals surface area contributed by atoms with Crippen molar-refractivity contribution in [3.63, 3.8) is 0 Å². The maximum atomic E-state index is 6.45. The zero-order chi connectivity index (χ0) is 18.5. The Bertz CT molecular complexity index is 693. The molecule has 2 nitrogen and oxygen atoms in total. The molecule has 1 heterocycles. The molecule has 2 aromatic rings. The first-order valence-electron chi connectivity index (χ1n) is 8.44. The smallest absolute Gasteiger partial charge is 0.402 e. The van der Waals surface area contributed by atoms with E-state index in [0.717, 1.165) is 20.1 Å². The molecular formula is C20H23BBr2O2. The van der Waals surface area contributed by atoms with Gasteiger partial charge in [-0.3, -0.25) is 0 Å². The molecule has 5 heteroatoms. The summed E-state index contributed by atoms with van der Waals surface area (Å²) in [4.78, 5) is 0. The van der Waals surface area contributed by atoms with E-state index >= 15 is 0 Å². The van der Waals surface area contributed by atoms with E-state index in [1.807, 2.05) is 0 Å². The van der Waals surface area contributed by atoms with Gasteiger partial charge in [0.15, 0.2) is 0 Å². The van der Waals surface area contributed by atoms with Crippen LogP contribution in [0.25, 0.3) is 0 Å². The zero-order valence-corrected chi connectivity index (χ0v) is 18.4. The van der Waals surface area contributed by atoms with Crippen molar-refractivity contribution in [3.8, 4) is 0 Å². The molecule has 0 aromatic heterocycles. The van der Waals surface area contributed by atoms with Crippen molar-refractivity contribution >= 4 is 39.0 Å². The van der Waals surface area contributed by atoms with Crippen LogP contribution >= 0.6 is 31.9 Å². The second-order valence-electron chi connectivity index (χ2n) is 7.80. The summed E-state index contributed by atoms with van der Waals surface area (Å²) in [7, 11) is -0.375. The minimum absolute atomic E-state index is 0.371. The molecule has 0 N–H and O–H groups in total. The lowest BCUT2D eigenvalue weighted by molar-refractivity contribution is 0.00578. The minimum atomic E-state index is -0.424. The van der Waals surface area contributed by atoms with Crippen molar-refractivity contribution in [2.75, 3.05) is 0 Å². The molecule has 0 bridgehead atoms. The fourth-order valence-corrected chi connectivity index (χ4v) is 3.64. The molecule has 1 aliphatic heterocycles. The van der Waals surface area contributed by atoms with Crippen molar-refractivity contribution < 1.29 is 9.31 Å². The largest absolute Gasteiger partial charge is 0.473 e. The third kappa shape index (κ3) is 3.36. The summed E-state index contributed by atoms with van der Waals surface area (Å²) in [6.07, 6.45) is 0. The molecule has 0 atom stereocenters. The minimum Gasteiger partial charge on any atom is -0.402 e. The molecule has 2 aromatic carbocycles. The van der Waals surface area contributed by atoms with Gasteiger partial charge >= 0.3 is 7.12 Å². The van der Waals surface area contributed by atoms with Gasteiger partial charge in [0.2, 0.25) is 0 Å². The van der Waals surface area contributed by atoms with Crippen molar-refractivity contribution in [3.05, 3.63) is 68.6 Å². The second kappa shape index (κ2) is 6.52. The maximum Gasteiger partial charge on any atom is 0.473 e. The highest BCUT2D eigenvalue weighted by Crippen LogP contribution is 2.46. The summed E-state index contributed by atoms with van der Waals surface area (Å²) in [6, 6.07) is 16.8. The van der Waals surface area contributed by atoms with Crippen LogP contribution in [0.5, 0.6) is 0 Å². The standard InChI is InChI=1S/C20H23BBr2O2/c1-18(2)19(3,4)25-21(24-18)20(5,14-6-10-16(22)11-7-14)15-8-12-17(23)13-9-15/h6-13H,1-5H3. The Morgan fingerprint density at radius 1 is 0.720 bits per heavy atom. The van der Waals surface area contributed by atoms with Gasteiger partial charge in [-0.15, -0.1) is 0 Å². The molecule has 132 valence electrons. The van der Waals surface area contributed by atoms with E-state index in [2.05, 4.69) is 115 Å². The third-order valence-electron chi connectivity index (χ3n) is 5.61. The summed E-state index contributed by atoms with van der Waals surface area (Å²) in [6.45, 7) is 10.6. The van der Waals surface area contributed by atoms with Crippen LogP contribution in [-0.2, 0) is 14.6 Å². The average Bonchev–Trinajstić information content (AvgIpc) is 2.76. The van der Waals surface area contributed by atoms with Crippen molar-refractivity contribution in [1.82, 2.24) is 0 Å². The second-order valence-corrected chi connectivity index (χ2v) is 9.64. The van der Waals surface area contributed by atoms with Gasteiger partial charge in [0.25, 0.3) is 0 Å². The van der Waals surface area contributed by atoms with Crippen LogP contribution in [-0.4, -0.2) is 18.3 Å². The highest BCUT2D eigenvalue weighted by molar-refractivity contribution is 9.10. The SMILES string of the molecule is CC(B1OC(C)(C)C(C)(C)O1)(c1ccc(Br)cc1)c1ccc(Br)cc1. The van der Waals surface area contributed by atoms with Crippen LogP contribution in [0.4, 0.5) is 0 Å². The number of benzene rings is 2. The highest BCUT2D eigenvalue weighted by Gasteiger charge is 2.59. The van der Waals surface area contributed by atoms with E-state index in [9.17, 15) is 0 Å².